The van der Waals surface area contributed by atoms with Gasteiger partial charge in [0.2, 0.25) is 0 Å². The van der Waals surface area contributed by atoms with Crippen LogP contribution in [-0.4, -0.2) is 36.2 Å². The SMILES string of the molecule is COC(=O)CNC(=O)[C@]1(O)C[C@H](C)CC[C@H]1C(C)C. The standard InChI is InChI=1S/C14H25NO4/c1-9(2)11-6-5-10(3)7-14(11,18)13(17)15-8-12(16)19-4/h9-11,18H,5-8H2,1-4H3,(H,15,17)/t10-,11+,14+/m1/s1. The Kier molecular flexibility index (Phi) is 5.35. The summed E-state index contributed by atoms with van der Waals surface area (Å²) < 4.78 is 4.48. The summed E-state index contributed by atoms with van der Waals surface area (Å²) in [6.45, 7) is 5.87. The maximum Gasteiger partial charge on any atom is 0.325 e. The van der Waals surface area contributed by atoms with Crippen LogP contribution in [0.25, 0.3) is 0 Å². The second-order valence-corrected chi connectivity index (χ2v) is 5.92. The van der Waals surface area contributed by atoms with Crippen molar-refractivity contribution in [3.8, 4) is 0 Å². The molecule has 0 spiro atoms. The second-order valence-electron chi connectivity index (χ2n) is 5.92. The van der Waals surface area contributed by atoms with Crippen LogP contribution in [0.5, 0.6) is 0 Å². The highest BCUT2D eigenvalue weighted by atomic mass is 16.5. The lowest BCUT2D eigenvalue weighted by Gasteiger charge is -2.43. The minimum absolute atomic E-state index is 0.0682. The predicted molar refractivity (Wildman–Crippen MR) is 71.3 cm³/mol. The molecule has 0 saturated heterocycles. The van der Waals surface area contributed by atoms with E-state index in [0.29, 0.717) is 12.3 Å². The van der Waals surface area contributed by atoms with Crippen LogP contribution in [0.15, 0.2) is 0 Å². The lowest BCUT2D eigenvalue weighted by atomic mass is 9.66. The quantitative estimate of drug-likeness (QED) is 0.751. The van der Waals surface area contributed by atoms with E-state index in [4.69, 9.17) is 0 Å². The van der Waals surface area contributed by atoms with E-state index in [1.165, 1.54) is 7.11 Å². The number of rotatable bonds is 4. The molecule has 0 aromatic carbocycles. The van der Waals surface area contributed by atoms with E-state index in [2.05, 4.69) is 10.1 Å². The molecule has 1 rings (SSSR count). The topological polar surface area (TPSA) is 75.6 Å². The first kappa shape index (κ1) is 16.0. The van der Waals surface area contributed by atoms with E-state index in [0.717, 1.165) is 12.8 Å². The number of esters is 1. The number of methoxy groups -OCH3 is 1. The molecule has 1 aliphatic carbocycles. The van der Waals surface area contributed by atoms with Crippen LogP contribution in [-0.2, 0) is 14.3 Å². The van der Waals surface area contributed by atoms with Gasteiger partial charge in [0.1, 0.15) is 12.1 Å². The minimum Gasteiger partial charge on any atom is -0.468 e. The normalized spacial score (nSPS) is 31.1. The van der Waals surface area contributed by atoms with Crippen LogP contribution in [0.3, 0.4) is 0 Å². The third-order valence-electron chi connectivity index (χ3n) is 4.06. The van der Waals surface area contributed by atoms with Crippen LogP contribution >= 0.6 is 0 Å². The van der Waals surface area contributed by atoms with Gasteiger partial charge in [-0.1, -0.05) is 27.2 Å². The summed E-state index contributed by atoms with van der Waals surface area (Å²) in [6.07, 6.45) is 2.30. The third kappa shape index (κ3) is 3.69. The number of hydrogen-bond donors (Lipinski definition) is 2. The van der Waals surface area contributed by atoms with Crippen molar-refractivity contribution >= 4 is 11.9 Å². The zero-order valence-corrected chi connectivity index (χ0v) is 12.2. The fraction of sp³-hybridized carbons (Fsp3) is 0.857. The number of nitrogens with one attached hydrogen (secondary N) is 1. The van der Waals surface area contributed by atoms with Gasteiger partial charge >= 0.3 is 5.97 Å². The van der Waals surface area contributed by atoms with Crippen molar-refractivity contribution in [1.29, 1.82) is 0 Å². The zero-order chi connectivity index (χ0) is 14.6. The van der Waals surface area contributed by atoms with Crippen molar-refractivity contribution in [1.82, 2.24) is 5.32 Å². The number of hydrogen-bond acceptors (Lipinski definition) is 4. The van der Waals surface area contributed by atoms with E-state index in [-0.39, 0.29) is 18.4 Å². The minimum atomic E-state index is -1.38. The van der Waals surface area contributed by atoms with Crippen LogP contribution < -0.4 is 5.32 Å². The smallest absolute Gasteiger partial charge is 0.325 e. The van der Waals surface area contributed by atoms with E-state index < -0.39 is 17.5 Å². The summed E-state index contributed by atoms with van der Waals surface area (Å²) in [5, 5.41) is 13.2. The lowest BCUT2D eigenvalue weighted by Crippen LogP contribution is -2.57. The van der Waals surface area contributed by atoms with Gasteiger partial charge in [0, 0.05) is 0 Å². The van der Waals surface area contributed by atoms with Gasteiger partial charge in [-0.05, 0) is 30.6 Å². The highest BCUT2D eigenvalue weighted by Crippen LogP contribution is 2.41. The van der Waals surface area contributed by atoms with E-state index >= 15 is 0 Å². The molecular formula is C14H25NO4. The Hall–Kier alpha value is -1.10. The van der Waals surface area contributed by atoms with Crippen molar-refractivity contribution < 1.29 is 19.4 Å². The highest BCUT2D eigenvalue weighted by molar-refractivity contribution is 5.88. The van der Waals surface area contributed by atoms with Crippen LogP contribution in [0.1, 0.15) is 40.0 Å². The molecule has 0 aliphatic heterocycles. The van der Waals surface area contributed by atoms with Gasteiger partial charge in [0.05, 0.1) is 7.11 Å². The zero-order valence-electron chi connectivity index (χ0n) is 12.2. The molecule has 0 unspecified atom stereocenters. The molecular weight excluding hydrogens is 246 g/mol. The maximum absolute atomic E-state index is 12.2. The Morgan fingerprint density at radius 3 is 2.58 bits per heavy atom. The number of ether oxygens (including phenoxy) is 1. The molecule has 1 fully saturated rings. The average Bonchev–Trinajstić information content (AvgIpc) is 2.34. The molecule has 3 atom stereocenters. The van der Waals surface area contributed by atoms with Crippen molar-refractivity contribution in [2.24, 2.45) is 17.8 Å². The van der Waals surface area contributed by atoms with Gasteiger partial charge in [-0.3, -0.25) is 9.59 Å². The molecule has 0 radical (unpaired) electrons. The molecule has 0 aromatic heterocycles. The maximum atomic E-state index is 12.2. The molecule has 2 N–H and O–H groups in total. The summed E-state index contributed by atoms with van der Waals surface area (Å²) >= 11 is 0. The highest BCUT2D eigenvalue weighted by Gasteiger charge is 2.48. The van der Waals surface area contributed by atoms with Gasteiger partial charge in [-0.25, -0.2) is 0 Å². The Morgan fingerprint density at radius 2 is 2.05 bits per heavy atom. The molecule has 19 heavy (non-hydrogen) atoms. The molecule has 5 nitrogen and oxygen atoms in total. The van der Waals surface area contributed by atoms with Crippen LogP contribution in [0.4, 0.5) is 0 Å². The molecule has 5 heteroatoms. The molecule has 110 valence electrons. The largest absolute Gasteiger partial charge is 0.468 e. The third-order valence-corrected chi connectivity index (χ3v) is 4.06. The monoisotopic (exact) mass is 271 g/mol. The number of carbonyl (C=O) groups is 2. The molecule has 0 heterocycles. The first-order valence-electron chi connectivity index (χ1n) is 6.88. The first-order chi connectivity index (χ1) is 8.81. The Balaban J connectivity index is 2.77. The second kappa shape index (κ2) is 6.37. The predicted octanol–water partition coefficient (Wildman–Crippen LogP) is 1.10. The van der Waals surface area contributed by atoms with Crippen molar-refractivity contribution in [2.75, 3.05) is 13.7 Å². The summed E-state index contributed by atoms with van der Waals surface area (Å²) in [6, 6.07) is 0. The van der Waals surface area contributed by atoms with Gasteiger partial charge in [0.25, 0.3) is 5.91 Å². The van der Waals surface area contributed by atoms with Crippen LogP contribution in [0.2, 0.25) is 0 Å². The average molecular weight is 271 g/mol. The molecule has 0 aromatic rings. The van der Waals surface area contributed by atoms with Gasteiger partial charge < -0.3 is 15.2 Å². The van der Waals surface area contributed by atoms with E-state index in [1.807, 2.05) is 20.8 Å². The van der Waals surface area contributed by atoms with Gasteiger partial charge in [0.15, 0.2) is 0 Å². The van der Waals surface area contributed by atoms with Gasteiger partial charge in [-0.15, -0.1) is 0 Å². The molecule has 1 saturated carbocycles. The fourth-order valence-electron chi connectivity index (χ4n) is 3.01. The van der Waals surface area contributed by atoms with E-state index in [1.54, 1.807) is 0 Å². The molecule has 1 amide bonds. The fourth-order valence-corrected chi connectivity index (χ4v) is 3.01. The molecule has 0 bridgehead atoms. The number of aliphatic hydroxyl groups is 1. The lowest BCUT2D eigenvalue weighted by molar-refractivity contribution is -0.157. The Labute approximate surface area is 114 Å². The number of carbonyl (C=O) groups excluding carboxylic acids is 2. The van der Waals surface area contributed by atoms with E-state index in [9.17, 15) is 14.7 Å². The van der Waals surface area contributed by atoms with Crippen molar-refractivity contribution in [3.63, 3.8) is 0 Å². The first-order valence-corrected chi connectivity index (χ1v) is 6.88. The summed E-state index contributed by atoms with van der Waals surface area (Å²) in [5.74, 6) is -0.503. The van der Waals surface area contributed by atoms with Crippen molar-refractivity contribution in [2.45, 2.75) is 45.6 Å². The van der Waals surface area contributed by atoms with Gasteiger partial charge in [-0.2, -0.15) is 0 Å². The Bertz CT molecular complexity index is 342. The summed E-state index contributed by atoms with van der Waals surface area (Å²) in [7, 11) is 1.27. The molecule has 1 aliphatic rings. The summed E-state index contributed by atoms with van der Waals surface area (Å²) in [4.78, 5) is 23.3. The number of amides is 1. The van der Waals surface area contributed by atoms with Crippen molar-refractivity contribution in [3.05, 3.63) is 0 Å². The van der Waals surface area contributed by atoms with Crippen LogP contribution in [0, 0.1) is 17.8 Å². The summed E-state index contributed by atoms with van der Waals surface area (Å²) in [5.41, 5.74) is -1.38. The Morgan fingerprint density at radius 1 is 1.42 bits per heavy atom.